The molecule has 2 atom stereocenters. The number of piperidine rings is 1. The lowest BCUT2D eigenvalue weighted by atomic mass is 9.57. The van der Waals surface area contributed by atoms with E-state index in [2.05, 4.69) is 52.1 Å². The molecule has 0 amide bonds. The van der Waals surface area contributed by atoms with Gasteiger partial charge in [-0.15, -0.1) is 0 Å². The number of likely N-dealkylation sites (tertiary alicyclic amines) is 1. The molecule has 2 saturated heterocycles. The lowest BCUT2D eigenvalue weighted by molar-refractivity contribution is -0.132. The van der Waals surface area contributed by atoms with E-state index in [-0.39, 0.29) is 6.04 Å². The monoisotopic (exact) mass is 397 g/mol. The van der Waals surface area contributed by atoms with Crippen LogP contribution in [0.4, 0.5) is 0 Å². The fourth-order valence-electron chi connectivity index (χ4n) is 6.80. The molecule has 1 spiro atoms. The van der Waals surface area contributed by atoms with Gasteiger partial charge in [0.25, 0.3) is 0 Å². The summed E-state index contributed by atoms with van der Waals surface area (Å²) in [6, 6.07) is 11.5. The zero-order valence-corrected chi connectivity index (χ0v) is 18.2. The summed E-state index contributed by atoms with van der Waals surface area (Å²) < 4.78 is 0. The number of hydrogen-bond donors (Lipinski definition) is 1. The predicted molar refractivity (Wildman–Crippen MR) is 118 cm³/mol. The van der Waals surface area contributed by atoms with Gasteiger partial charge >= 0.3 is 0 Å². The number of benzene rings is 1. The topological polar surface area (TPSA) is 30.0 Å². The number of likely N-dealkylation sites (N-methyl/N-ethyl adjacent to an activating group) is 1. The summed E-state index contributed by atoms with van der Waals surface area (Å²) in [5.41, 5.74) is 1.07. The maximum absolute atomic E-state index is 12.0. The van der Waals surface area contributed by atoms with Gasteiger partial charge in [-0.3, -0.25) is 9.80 Å². The van der Waals surface area contributed by atoms with E-state index >= 15 is 0 Å². The fourth-order valence-corrected chi connectivity index (χ4v) is 6.80. The van der Waals surface area contributed by atoms with Crippen molar-refractivity contribution >= 4 is 0 Å². The average molecular weight is 398 g/mol. The van der Waals surface area contributed by atoms with Crippen molar-refractivity contribution in [1.29, 1.82) is 0 Å². The van der Waals surface area contributed by atoms with E-state index in [1.807, 2.05) is 0 Å². The fraction of sp³-hybridized carbons (Fsp3) is 0.760. The summed E-state index contributed by atoms with van der Waals surface area (Å²) in [6.45, 7) is 6.41. The van der Waals surface area contributed by atoms with Crippen LogP contribution >= 0.6 is 0 Å². The highest BCUT2D eigenvalue weighted by Gasteiger charge is 2.51. The van der Waals surface area contributed by atoms with Crippen LogP contribution in [0.2, 0.25) is 0 Å². The highest BCUT2D eigenvalue weighted by molar-refractivity contribution is 5.26. The molecule has 2 saturated carbocycles. The molecule has 1 N–H and O–H groups in total. The lowest BCUT2D eigenvalue weighted by Crippen LogP contribution is -2.66. The molecule has 4 nitrogen and oxygen atoms in total. The molecule has 0 bridgehead atoms. The zero-order valence-electron chi connectivity index (χ0n) is 18.2. The summed E-state index contributed by atoms with van der Waals surface area (Å²) >= 11 is 0. The van der Waals surface area contributed by atoms with Gasteiger partial charge in [-0.25, -0.2) is 0 Å². The highest BCUT2D eigenvalue weighted by atomic mass is 16.3. The summed E-state index contributed by atoms with van der Waals surface area (Å²) in [5, 5.41) is 12.0. The van der Waals surface area contributed by atoms with E-state index < -0.39 is 5.60 Å². The second-order valence-electron chi connectivity index (χ2n) is 10.5. The molecule has 1 aromatic carbocycles. The van der Waals surface area contributed by atoms with Crippen LogP contribution in [0.15, 0.2) is 30.3 Å². The quantitative estimate of drug-likeness (QED) is 0.848. The smallest absolute Gasteiger partial charge is 0.108 e. The molecular formula is C25H39N3O. The predicted octanol–water partition coefficient (Wildman–Crippen LogP) is 3.31. The van der Waals surface area contributed by atoms with Gasteiger partial charge in [-0.2, -0.15) is 0 Å². The van der Waals surface area contributed by atoms with Gasteiger partial charge in [0.05, 0.1) is 6.04 Å². The van der Waals surface area contributed by atoms with Crippen molar-refractivity contribution in [3.05, 3.63) is 35.9 Å². The van der Waals surface area contributed by atoms with Gasteiger partial charge in [0.2, 0.25) is 0 Å². The van der Waals surface area contributed by atoms with Crippen LogP contribution in [0.5, 0.6) is 0 Å². The molecule has 0 aromatic heterocycles. The Kier molecular flexibility index (Phi) is 5.48. The number of piperazine rings is 1. The summed E-state index contributed by atoms with van der Waals surface area (Å²) in [5.74, 6) is 0. The Morgan fingerprint density at radius 2 is 1.52 bits per heavy atom. The van der Waals surface area contributed by atoms with Crippen LogP contribution in [-0.4, -0.2) is 78.2 Å². The van der Waals surface area contributed by atoms with E-state index in [9.17, 15) is 5.11 Å². The SMILES string of the molecule is CN1CCN([C@@H]2CN(C3CC4(CCCCC4)C3)CC[C@]2(O)c2ccccc2)CC1. The van der Waals surface area contributed by atoms with Crippen molar-refractivity contribution in [1.82, 2.24) is 14.7 Å². The second-order valence-corrected chi connectivity index (χ2v) is 10.5. The van der Waals surface area contributed by atoms with E-state index in [1.54, 1.807) is 0 Å². The highest BCUT2D eigenvalue weighted by Crippen LogP contribution is 2.54. The second kappa shape index (κ2) is 7.96. The first kappa shape index (κ1) is 20.0. The number of hydrogen-bond acceptors (Lipinski definition) is 4. The lowest BCUT2D eigenvalue weighted by Gasteiger charge is -2.58. The van der Waals surface area contributed by atoms with Gasteiger partial charge in [-0.05, 0) is 50.1 Å². The third-order valence-corrected chi connectivity index (χ3v) is 8.76. The Labute approximate surface area is 176 Å². The van der Waals surface area contributed by atoms with Crippen molar-refractivity contribution in [2.75, 3.05) is 46.3 Å². The van der Waals surface area contributed by atoms with Crippen LogP contribution in [-0.2, 0) is 5.60 Å². The Balaban J connectivity index is 1.33. The maximum Gasteiger partial charge on any atom is 0.108 e. The minimum absolute atomic E-state index is 0.204. The standard InChI is InChI=1S/C25H39N3O/c1-26-14-16-27(17-15-26)23-20-28(22-18-24(19-22)10-6-3-7-11-24)13-12-25(23,29)21-8-4-2-5-9-21/h2,4-5,8-9,22-23,29H,3,6-7,10-20H2,1H3/t23-,25+/m1/s1. The van der Waals surface area contributed by atoms with Crippen molar-refractivity contribution in [2.45, 2.75) is 69.1 Å². The third kappa shape index (κ3) is 3.78. The minimum atomic E-state index is -0.722. The maximum atomic E-state index is 12.0. The largest absolute Gasteiger partial charge is 0.383 e. The summed E-state index contributed by atoms with van der Waals surface area (Å²) in [4.78, 5) is 7.76. The van der Waals surface area contributed by atoms with E-state index in [1.165, 1.54) is 44.9 Å². The minimum Gasteiger partial charge on any atom is -0.383 e. The Hall–Kier alpha value is -0.940. The Morgan fingerprint density at radius 3 is 2.21 bits per heavy atom. The van der Waals surface area contributed by atoms with E-state index in [0.717, 1.165) is 57.3 Å². The van der Waals surface area contributed by atoms with Crippen LogP contribution in [0.3, 0.4) is 0 Å². The zero-order chi connectivity index (χ0) is 19.9. The normalized spacial score (nSPS) is 34.9. The molecule has 160 valence electrons. The molecule has 1 aromatic rings. The Bertz CT molecular complexity index is 673. The van der Waals surface area contributed by atoms with Crippen molar-refractivity contribution in [3.63, 3.8) is 0 Å². The Morgan fingerprint density at radius 1 is 0.828 bits per heavy atom. The summed E-state index contributed by atoms with van der Waals surface area (Å²) in [6.07, 6.45) is 11.0. The first-order valence-electron chi connectivity index (χ1n) is 12.0. The number of rotatable bonds is 3. The summed E-state index contributed by atoms with van der Waals surface area (Å²) in [7, 11) is 2.21. The molecule has 29 heavy (non-hydrogen) atoms. The molecule has 5 rings (SSSR count). The molecule has 2 aliphatic heterocycles. The van der Waals surface area contributed by atoms with Crippen molar-refractivity contribution in [3.8, 4) is 0 Å². The van der Waals surface area contributed by atoms with Crippen molar-refractivity contribution < 1.29 is 5.11 Å². The van der Waals surface area contributed by atoms with Crippen LogP contribution in [0.25, 0.3) is 0 Å². The first-order valence-corrected chi connectivity index (χ1v) is 12.0. The van der Waals surface area contributed by atoms with Crippen LogP contribution in [0.1, 0.15) is 56.9 Å². The van der Waals surface area contributed by atoms with Crippen molar-refractivity contribution in [2.24, 2.45) is 5.41 Å². The molecular weight excluding hydrogens is 358 g/mol. The van der Waals surface area contributed by atoms with Gasteiger partial charge in [0.15, 0.2) is 0 Å². The molecule has 4 fully saturated rings. The van der Waals surface area contributed by atoms with Crippen LogP contribution in [0, 0.1) is 5.41 Å². The first-order chi connectivity index (χ1) is 14.1. The molecule has 2 aliphatic carbocycles. The third-order valence-electron chi connectivity index (χ3n) is 8.76. The molecule has 4 aliphatic rings. The molecule has 0 unspecified atom stereocenters. The van der Waals surface area contributed by atoms with E-state index in [0.29, 0.717) is 5.41 Å². The van der Waals surface area contributed by atoms with Gasteiger partial charge in [0.1, 0.15) is 5.60 Å². The molecule has 0 radical (unpaired) electrons. The van der Waals surface area contributed by atoms with E-state index in [4.69, 9.17) is 0 Å². The van der Waals surface area contributed by atoms with Gasteiger partial charge < -0.3 is 10.0 Å². The molecule has 4 heteroatoms. The van der Waals surface area contributed by atoms with Gasteiger partial charge in [-0.1, -0.05) is 49.6 Å². The van der Waals surface area contributed by atoms with Crippen LogP contribution < -0.4 is 0 Å². The average Bonchev–Trinajstić information content (AvgIpc) is 2.74. The van der Waals surface area contributed by atoms with Gasteiger partial charge in [0, 0.05) is 45.3 Å². The molecule has 2 heterocycles. The number of aliphatic hydroxyl groups is 1. The number of nitrogens with zero attached hydrogens (tertiary/aromatic N) is 3.